The van der Waals surface area contributed by atoms with E-state index in [9.17, 15) is 15.3 Å². The average Bonchev–Trinajstić information content (AvgIpc) is 2.98. The van der Waals surface area contributed by atoms with E-state index in [2.05, 4.69) is 10.2 Å². The van der Waals surface area contributed by atoms with Gasteiger partial charge in [0.15, 0.2) is 0 Å². The molecule has 0 radical (unpaired) electrons. The van der Waals surface area contributed by atoms with Gasteiger partial charge in [-0.1, -0.05) is 0 Å². The Morgan fingerprint density at radius 3 is 2.56 bits per heavy atom. The standard InChI is InChI=1S/C13H26Cl2N5O4P/c1-4-19(8-6-14)25(5-2,17-21,9-7-15)24-11-12-10-16-13(18(12)3)20(22)23/h10,17,21H,4-9,11H2,1-3H3. The van der Waals surface area contributed by atoms with Crippen molar-refractivity contribution in [1.82, 2.24) is 19.5 Å². The van der Waals surface area contributed by atoms with Crippen molar-refractivity contribution in [3.05, 3.63) is 22.0 Å². The average molecular weight is 418 g/mol. The molecule has 0 atom stereocenters. The van der Waals surface area contributed by atoms with Crippen molar-refractivity contribution in [2.45, 2.75) is 20.5 Å². The van der Waals surface area contributed by atoms with Gasteiger partial charge in [-0.15, -0.1) is 0 Å². The van der Waals surface area contributed by atoms with Crippen LogP contribution >= 0.6 is 30.3 Å². The van der Waals surface area contributed by atoms with Crippen LogP contribution in [0.4, 0.5) is 5.95 Å². The van der Waals surface area contributed by atoms with Crippen molar-refractivity contribution in [3.8, 4) is 0 Å². The molecule has 0 saturated carbocycles. The number of imidazole rings is 1. The predicted molar refractivity (Wildman–Crippen MR) is 101 cm³/mol. The molecule has 0 fully saturated rings. The zero-order chi connectivity index (χ0) is 19.1. The van der Waals surface area contributed by atoms with Gasteiger partial charge >= 0.3 is 157 Å². The van der Waals surface area contributed by atoms with Crippen LogP contribution < -0.4 is 5.25 Å². The van der Waals surface area contributed by atoms with Gasteiger partial charge in [0.2, 0.25) is 0 Å². The normalized spacial score (nSPS) is 13.8. The number of rotatable bonds is 12. The summed E-state index contributed by atoms with van der Waals surface area (Å²) in [5.74, 6) is 0.387. The number of hydrogen-bond donors (Lipinski definition) is 2. The summed E-state index contributed by atoms with van der Waals surface area (Å²) < 4.78 is 9.65. The molecule has 0 saturated heterocycles. The van der Waals surface area contributed by atoms with Gasteiger partial charge in [0.1, 0.15) is 0 Å². The van der Waals surface area contributed by atoms with E-state index in [1.165, 1.54) is 10.8 Å². The molecule has 0 unspecified atom stereocenters. The minimum atomic E-state index is -3.45. The van der Waals surface area contributed by atoms with Crippen LogP contribution in [-0.2, 0) is 18.2 Å². The summed E-state index contributed by atoms with van der Waals surface area (Å²) in [6.07, 6.45) is 2.31. The fourth-order valence-electron chi connectivity index (χ4n) is 2.90. The Bertz CT molecular complexity index is 585. The summed E-state index contributed by atoms with van der Waals surface area (Å²) in [5.41, 5.74) is 0.529. The predicted octanol–water partition coefficient (Wildman–Crippen LogP) is 2.94. The van der Waals surface area contributed by atoms with E-state index in [0.717, 1.165) is 0 Å². The van der Waals surface area contributed by atoms with Crippen LogP contribution in [0.3, 0.4) is 0 Å². The van der Waals surface area contributed by atoms with Gasteiger partial charge < -0.3 is 0 Å². The third-order valence-electron chi connectivity index (χ3n) is 4.53. The summed E-state index contributed by atoms with van der Waals surface area (Å²) in [6, 6.07) is 0. The quantitative estimate of drug-likeness (QED) is 0.233. The van der Waals surface area contributed by atoms with E-state index in [0.29, 0.717) is 37.0 Å². The summed E-state index contributed by atoms with van der Waals surface area (Å²) in [4.78, 5) is 14.2. The Balaban J connectivity index is 3.23. The van der Waals surface area contributed by atoms with E-state index in [4.69, 9.17) is 27.7 Å². The number of nitro groups is 1. The fraction of sp³-hybridized carbons (Fsp3) is 0.769. The molecule has 146 valence electrons. The summed E-state index contributed by atoms with van der Waals surface area (Å²) >= 11 is 12.0. The molecular weight excluding hydrogens is 392 g/mol. The van der Waals surface area contributed by atoms with Gasteiger partial charge in [0.05, 0.1) is 0 Å². The third kappa shape index (κ3) is 4.42. The van der Waals surface area contributed by atoms with Gasteiger partial charge in [0, 0.05) is 0 Å². The Hall–Kier alpha value is -0.540. The first-order valence-electron chi connectivity index (χ1n) is 7.94. The van der Waals surface area contributed by atoms with Gasteiger partial charge in [-0.2, -0.15) is 0 Å². The fourth-order valence-corrected chi connectivity index (χ4v) is 8.17. The zero-order valence-corrected chi connectivity index (χ0v) is 17.1. The summed E-state index contributed by atoms with van der Waals surface area (Å²) in [5, 5.41) is 23.5. The summed E-state index contributed by atoms with van der Waals surface area (Å²) in [7, 11) is -1.90. The SMILES string of the molecule is CCN(CCCl)P(CC)(CCCl)(NO)OCc1cnc([N+](=O)[O-])n1C. The molecule has 0 aliphatic rings. The molecule has 2 N–H and O–H groups in total. The van der Waals surface area contributed by atoms with E-state index in [1.54, 1.807) is 7.05 Å². The zero-order valence-electron chi connectivity index (χ0n) is 14.7. The first-order chi connectivity index (χ1) is 11.8. The van der Waals surface area contributed by atoms with Gasteiger partial charge in [0.25, 0.3) is 0 Å². The van der Waals surface area contributed by atoms with Crippen molar-refractivity contribution in [1.29, 1.82) is 0 Å². The second-order valence-corrected chi connectivity index (χ2v) is 11.1. The van der Waals surface area contributed by atoms with E-state index >= 15 is 0 Å². The van der Waals surface area contributed by atoms with E-state index in [-0.39, 0.29) is 18.4 Å². The molecule has 1 aromatic heterocycles. The van der Waals surface area contributed by atoms with Crippen molar-refractivity contribution in [2.24, 2.45) is 7.05 Å². The molecule has 0 aliphatic carbocycles. The molecule has 25 heavy (non-hydrogen) atoms. The first kappa shape index (κ1) is 22.5. The molecule has 0 aliphatic heterocycles. The van der Waals surface area contributed by atoms with Gasteiger partial charge in [-0.3, -0.25) is 0 Å². The van der Waals surface area contributed by atoms with Crippen LogP contribution in [0.15, 0.2) is 6.20 Å². The molecule has 0 spiro atoms. The van der Waals surface area contributed by atoms with E-state index < -0.39 is 12.1 Å². The Morgan fingerprint density at radius 2 is 2.16 bits per heavy atom. The second kappa shape index (κ2) is 9.41. The van der Waals surface area contributed by atoms with Crippen LogP contribution in [0.2, 0.25) is 0 Å². The molecular formula is C13H26Cl2N5O4P. The van der Waals surface area contributed by atoms with Crippen LogP contribution in [0, 0.1) is 10.1 Å². The number of alkyl halides is 2. The monoisotopic (exact) mass is 417 g/mol. The third-order valence-corrected chi connectivity index (χ3v) is 10.6. The second-order valence-electron chi connectivity index (χ2n) is 5.56. The molecule has 0 aromatic carbocycles. The number of nitrogens with zero attached hydrogens (tertiary/aromatic N) is 4. The molecule has 1 rings (SSSR count). The summed E-state index contributed by atoms with van der Waals surface area (Å²) in [6.45, 7) is 5.03. The molecule has 0 bridgehead atoms. The Kier molecular flexibility index (Phi) is 8.47. The molecule has 1 heterocycles. The van der Waals surface area contributed by atoms with Crippen molar-refractivity contribution in [3.63, 3.8) is 0 Å². The Morgan fingerprint density at radius 1 is 1.48 bits per heavy atom. The molecule has 12 heteroatoms. The van der Waals surface area contributed by atoms with Gasteiger partial charge in [-0.05, 0) is 0 Å². The van der Waals surface area contributed by atoms with Crippen molar-refractivity contribution >= 4 is 36.3 Å². The number of nitrogens with one attached hydrogen (secondary N) is 1. The van der Waals surface area contributed by atoms with Gasteiger partial charge in [-0.25, -0.2) is 0 Å². The maximum absolute atomic E-state index is 11.0. The topological polar surface area (TPSA) is 106 Å². The molecule has 0 amide bonds. The maximum atomic E-state index is 11.0. The number of hydrogen-bond acceptors (Lipinski definition) is 7. The van der Waals surface area contributed by atoms with Crippen LogP contribution in [0.5, 0.6) is 0 Å². The minimum absolute atomic E-state index is 0.0479. The van der Waals surface area contributed by atoms with Crippen molar-refractivity contribution < 1.29 is 14.7 Å². The van der Waals surface area contributed by atoms with E-state index in [1.807, 2.05) is 18.5 Å². The number of aromatic nitrogens is 2. The first-order valence-corrected chi connectivity index (χ1v) is 11.5. The van der Waals surface area contributed by atoms with Crippen molar-refractivity contribution in [2.75, 3.05) is 37.2 Å². The van der Waals surface area contributed by atoms with Crippen LogP contribution in [0.1, 0.15) is 19.5 Å². The molecule has 1 aromatic rings. The molecule has 9 nitrogen and oxygen atoms in total. The Labute approximate surface area is 157 Å². The van der Waals surface area contributed by atoms with Crippen LogP contribution in [0.25, 0.3) is 0 Å². The number of halogens is 2. The van der Waals surface area contributed by atoms with Crippen LogP contribution in [-0.4, -0.2) is 61.5 Å².